The van der Waals surface area contributed by atoms with Gasteiger partial charge in [0.05, 0.1) is 5.41 Å². The van der Waals surface area contributed by atoms with Gasteiger partial charge < -0.3 is 19.2 Å². The van der Waals surface area contributed by atoms with Crippen molar-refractivity contribution in [1.82, 2.24) is 4.90 Å². The molecule has 1 unspecified atom stereocenters. The first kappa shape index (κ1) is 18.1. The molecule has 1 N–H and O–H groups in total. The summed E-state index contributed by atoms with van der Waals surface area (Å²) in [6.07, 6.45) is 0.421. The van der Waals surface area contributed by atoms with Crippen LogP contribution in [0.15, 0.2) is 59.0 Å². The van der Waals surface area contributed by atoms with E-state index in [0.29, 0.717) is 29.9 Å². The molecule has 4 rings (SSSR count). The summed E-state index contributed by atoms with van der Waals surface area (Å²) in [5, 5.41) is 10.3. The zero-order valence-electron chi connectivity index (χ0n) is 15.6. The molecule has 1 aliphatic rings. The molecule has 1 atom stereocenters. The Morgan fingerprint density at radius 1 is 1.14 bits per heavy atom. The average Bonchev–Trinajstić information content (AvgIpc) is 3.28. The van der Waals surface area contributed by atoms with E-state index < -0.39 is 11.4 Å². The molecule has 1 fully saturated rings. The maximum absolute atomic E-state index is 13.1. The lowest BCUT2D eigenvalue weighted by Gasteiger charge is -2.19. The number of fused-ring (bicyclic) bond motifs is 1. The number of carboxylic acids is 1. The number of hydrogen-bond donors (Lipinski definition) is 1. The predicted molar refractivity (Wildman–Crippen MR) is 103 cm³/mol. The van der Waals surface area contributed by atoms with Crippen LogP contribution >= 0.6 is 0 Å². The summed E-state index contributed by atoms with van der Waals surface area (Å²) in [6.45, 7) is 2.40. The van der Waals surface area contributed by atoms with Gasteiger partial charge in [0.1, 0.15) is 17.9 Å². The molecule has 2 aromatic carbocycles. The SMILES string of the molecule is CC1(C(=O)O)CCN(C(=O)c2oc3ccccc3c2COc2ccccc2)C1. The molecule has 2 heterocycles. The Labute approximate surface area is 162 Å². The van der Waals surface area contributed by atoms with Crippen LogP contribution in [0.1, 0.15) is 29.5 Å². The summed E-state index contributed by atoms with van der Waals surface area (Å²) >= 11 is 0. The van der Waals surface area contributed by atoms with E-state index in [2.05, 4.69) is 0 Å². The van der Waals surface area contributed by atoms with E-state index in [1.54, 1.807) is 11.8 Å². The molecule has 1 aromatic heterocycles. The number of carbonyl (C=O) groups is 2. The molecule has 0 aliphatic carbocycles. The monoisotopic (exact) mass is 379 g/mol. The van der Waals surface area contributed by atoms with Gasteiger partial charge in [0.25, 0.3) is 5.91 Å². The number of rotatable bonds is 5. The Kier molecular flexibility index (Phi) is 4.55. The summed E-state index contributed by atoms with van der Waals surface area (Å²) in [5.41, 5.74) is 0.355. The highest BCUT2D eigenvalue weighted by atomic mass is 16.5. The quantitative estimate of drug-likeness (QED) is 0.726. The van der Waals surface area contributed by atoms with E-state index in [-0.39, 0.29) is 24.8 Å². The molecule has 0 saturated carbocycles. The van der Waals surface area contributed by atoms with Gasteiger partial charge in [-0.25, -0.2) is 0 Å². The fraction of sp³-hybridized carbons (Fsp3) is 0.273. The summed E-state index contributed by atoms with van der Waals surface area (Å²) in [7, 11) is 0. The van der Waals surface area contributed by atoms with Crippen molar-refractivity contribution in [2.45, 2.75) is 20.0 Å². The van der Waals surface area contributed by atoms with Crippen molar-refractivity contribution < 1.29 is 23.8 Å². The van der Waals surface area contributed by atoms with Crippen LogP contribution in [0.25, 0.3) is 11.0 Å². The second-order valence-corrected chi connectivity index (χ2v) is 7.35. The first-order chi connectivity index (χ1) is 13.5. The normalized spacial score (nSPS) is 19.1. The molecule has 6 nitrogen and oxygen atoms in total. The van der Waals surface area contributed by atoms with Gasteiger partial charge in [-0.2, -0.15) is 0 Å². The molecule has 0 radical (unpaired) electrons. The number of nitrogens with zero attached hydrogens (tertiary/aromatic N) is 1. The van der Waals surface area contributed by atoms with E-state index in [0.717, 1.165) is 5.39 Å². The van der Waals surface area contributed by atoms with Crippen LogP contribution in [-0.2, 0) is 11.4 Å². The number of ether oxygens (including phenoxy) is 1. The van der Waals surface area contributed by atoms with E-state index >= 15 is 0 Å². The van der Waals surface area contributed by atoms with Crippen LogP contribution in [0.5, 0.6) is 5.75 Å². The van der Waals surface area contributed by atoms with Crippen molar-refractivity contribution >= 4 is 22.8 Å². The Morgan fingerprint density at radius 3 is 2.57 bits per heavy atom. The van der Waals surface area contributed by atoms with Crippen molar-refractivity contribution in [2.24, 2.45) is 5.41 Å². The number of carboxylic acid groups (broad SMARTS) is 1. The summed E-state index contributed by atoms with van der Waals surface area (Å²) in [6, 6.07) is 16.8. The van der Waals surface area contributed by atoms with Gasteiger partial charge in [-0.15, -0.1) is 0 Å². The third-order valence-electron chi connectivity index (χ3n) is 5.30. The lowest BCUT2D eigenvalue weighted by molar-refractivity contribution is -0.147. The minimum Gasteiger partial charge on any atom is -0.489 e. The lowest BCUT2D eigenvalue weighted by atomic mass is 9.90. The zero-order valence-corrected chi connectivity index (χ0v) is 15.6. The molecule has 0 bridgehead atoms. The largest absolute Gasteiger partial charge is 0.489 e. The van der Waals surface area contributed by atoms with Gasteiger partial charge in [-0.05, 0) is 31.5 Å². The maximum Gasteiger partial charge on any atom is 0.311 e. The summed E-state index contributed by atoms with van der Waals surface area (Å²) < 4.78 is 11.7. The van der Waals surface area contributed by atoms with Crippen molar-refractivity contribution in [3.63, 3.8) is 0 Å². The number of benzene rings is 2. The van der Waals surface area contributed by atoms with Gasteiger partial charge in [0, 0.05) is 24.0 Å². The minimum absolute atomic E-state index is 0.164. The number of para-hydroxylation sites is 2. The minimum atomic E-state index is -0.928. The van der Waals surface area contributed by atoms with E-state index in [1.807, 2.05) is 54.6 Å². The van der Waals surface area contributed by atoms with Crippen molar-refractivity contribution in [3.8, 4) is 5.75 Å². The van der Waals surface area contributed by atoms with E-state index in [4.69, 9.17) is 9.15 Å². The smallest absolute Gasteiger partial charge is 0.311 e. The van der Waals surface area contributed by atoms with Crippen molar-refractivity contribution in [2.75, 3.05) is 13.1 Å². The Hall–Kier alpha value is -3.28. The standard InChI is InChI=1S/C22H21NO5/c1-22(21(25)26)11-12-23(14-22)20(24)19-17(13-27-15-7-3-2-4-8-15)16-9-5-6-10-18(16)28-19/h2-10H,11-14H2,1H3,(H,25,26). The van der Waals surface area contributed by atoms with E-state index in [9.17, 15) is 14.7 Å². The Bertz CT molecular complexity index is 1030. The number of carbonyl (C=O) groups excluding carboxylic acids is 1. The topological polar surface area (TPSA) is 80.0 Å². The number of aliphatic carboxylic acids is 1. The third kappa shape index (κ3) is 3.22. The molecule has 0 spiro atoms. The highest BCUT2D eigenvalue weighted by molar-refractivity contribution is 5.99. The first-order valence-corrected chi connectivity index (χ1v) is 9.19. The Morgan fingerprint density at radius 2 is 1.86 bits per heavy atom. The number of amides is 1. The number of furan rings is 1. The fourth-order valence-corrected chi connectivity index (χ4v) is 3.54. The molecule has 1 saturated heterocycles. The maximum atomic E-state index is 13.1. The van der Waals surface area contributed by atoms with E-state index in [1.165, 1.54) is 0 Å². The molecule has 144 valence electrons. The molecule has 1 aliphatic heterocycles. The van der Waals surface area contributed by atoms with Gasteiger partial charge in [-0.3, -0.25) is 9.59 Å². The van der Waals surface area contributed by atoms with Crippen LogP contribution in [0.2, 0.25) is 0 Å². The van der Waals surface area contributed by atoms with Gasteiger partial charge in [0.2, 0.25) is 0 Å². The molecule has 28 heavy (non-hydrogen) atoms. The third-order valence-corrected chi connectivity index (χ3v) is 5.30. The molecule has 3 aromatic rings. The summed E-state index contributed by atoms with van der Waals surface area (Å²) in [5.74, 6) is -0.273. The molecule has 6 heteroatoms. The highest BCUT2D eigenvalue weighted by Crippen LogP contribution is 2.34. The second-order valence-electron chi connectivity index (χ2n) is 7.35. The lowest BCUT2D eigenvalue weighted by Crippen LogP contribution is -2.35. The van der Waals surface area contributed by atoms with Crippen LogP contribution in [0.3, 0.4) is 0 Å². The molecular formula is C22H21NO5. The van der Waals surface area contributed by atoms with Gasteiger partial charge in [-0.1, -0.05) is 36.4 Å². The number of likely N-dealkylation sites (tertiary alicyclic amines) is 1. The Balaban J connectivity index is 1.65. The molecular weight excluding hydrogens is 358 g/mol. The second kappa shape index (κ2) is 7.03. The zero-order chi connectivity index (χ0) is 19.7. The predicted octanol–water partition coefficient (Wildman–Crippen LogP) is 3.95. The van der Waals surface area contributed by atoms with Crippen LogP contribution in [0.4, 0.5) is 0 Å². The number of hydrogen-bond acceptors (Lipinski definition) is 4. The molecule has 1 amide bonds. The first-order valence-electron chi connectivity index (χ1n) is 9.19. The summed E-state index contributed by atoms with van der Waals surface area (Å²) in [4.78, 5) is 26.2. The fourth-order valence-electron chi connectivity index (χ4n) is 3.54. The van der Waals surface area contributed by atoms with Gasteiger partial charge >= 0.3 is 5.97 Å². The van der Waals surface area contributed by atoms with Crippen LogP contribution < -0.4 is 4.74 Å². The van der Waals surface area contributed by atoms with Crippen LogP contribution in [0, 0.1) is 5.41 Å². The average molecular weight is 379 g/mol. The van der Waals surface area contributed by atoms with Gasteiger partial charge in [0.15, 0.2) is 5.76 Å². The van der Waals surface area contributed by atoms with Crippen molar-refractivity contribution in [1.29, 1.82) is 0 Å². The van der Waals surface area contributed by atoms with Crippen molar-refractivity contribution in [3.05, 3.63) is 65.9 Å². The van der Waals surface area contributed by atoms with Crippen LogP contribution in [-0.4, -0.2) is 35.0 Å². The highest BCUT2D eigenvalue weighted by Gasteiger charge is 2.43.